The van der Waals surface area contributed by atoms with E-state index in [2.05, 4.69) is 15.5 Å². The maximum Gasteiger partial charge on any atom is 0.240 e. The molecular weight excluding hydrogens is 352 g/mol. The first-order valence-corrected chi connectivity index (χ1v) is 8.70. The molecule has 0 unspecified atom stereocenters. The van der Waals surface area contributed by atoms with Gasteiger partial charge in [0.25, 0.3) is 0 Å². The van der Waals surface area contributed by atoms with Crippen LogP contribution in [0, 0.1) is 4.77 Å². The van der Waals surface area contributed by atoms with Crippen LogP contribution in [0.4, 0.5) is 0 Å². The van der Waals surface area contributed by atoms with Crippen LogP contribution < -0.4 is 10.1 Å². The van der Waals surface area contributed by atoms with Crippen molar-refractivity contribution in [1.29, 1.82) is 0 Å². The summed E-state index contributed by atoms with van der Waals surface area (Å²) in [6.45, 7) is 4.45. The highest BCUT2D eigenvalue weighted by Crippen LogP contribution is 2.21. The summed E-state index contributed by atoms with van der Waals surface area (Å²) in [6, 6.07) is 10.9. The van der Waals surface area contributed by atoms with Crippen molar-refractivity contribution >= 4 is 18.1 Å². The molecule has 0 saturated carbocycles. The molecule has 1 amide bonds. The van der Waals surface area contributed by atoms with Crippen LogP contribution in [0.1, 0.15) is 25.6 Å². The van der Waals surface area contributed by atoms with Crippen LogP contribution in [0.2, 0.25) is 0 Å². The zero-order valence-electron chi connectivity index (χ0n) is 14.6. The summed E-state index contributed by atoms with van der Waals surface area (Å²) in [5.41, 5.74) is 0.840. The van der Waals surface area contributed by atoms with Gasteiger partial charge in [0.1, 0.15) is 18.1 Å². The van der Waals surface area contributed by atoms with Gasteiger partial charge < -0.3 is 14.5 Å². The molecular formula is C18H20N4O3S. The zero-order valence-corrected chi connectivity index (χ0v) is 15.4. The van der Waals surface area contributed by atoms with Gasteiger partial charge in [-0.05, 0) is 62.5 Å². The number of ether oxygens (including phenoxy) is 1. The van der Waals surface area contributed by atoms with Gasteiger partial charge in [-0.3, -0.25) is 14.5 Å². The molecule has 2 aromatic heterocycles. The van der Waals surface area contributed by atoms with Gasteiger partial charge in [-0.15, -0.1) is 0 Å². The summed E-state index contributed by atoms with van der Waals surface area (Å²) in [7, 11) is 0. The van der Waals surface area contributed by atoms with Crippen LogP contribution in [0.3, 0.4) is 0 Å². The molecule has 7 nitrogen and oxygen atoms in total. The number of aromatic amines is 1. The lowest BCUT2D eigenvalue weighted by Gasteiger charge is -2.13. The van der Waals surface area contributed by atoms with Gasteiger partial charge in [0.2, 0.25) is 5.91 Å². The number of hydrogen-bond acceptors (Lipinski definition) is 5. The number of carbonyl (C=O) groups excluding carboxylic acids is 1. The molecule has 0 aliphatic rings. The summed E-state index contributed by atoms with van der Waals surface area (Å²) >= 11 is 5.27. The minimum atomic E-state index is -0.229. The first-order chi connectivity index (χ1) is 12.6. The van der Waals surface area contributed by atoms with E-state index in [0.717, 1.165) is 11.3 Å². The van der Waals surface area contributed by atoms with Gasteiger partial charge in [-0.1, -0.05) is 0 Å². The largest absolute Gasteiger partial charge is 0.494 e. The molecule has 26 heavy (non-hydrogen) atoms. The summed E-state index contributed by atoms with van der Waals surface area (Å²) in [4.78, 5) is 12.4. The molecule has 3 rings (SSSR count). The molecule has 0 fully saturated rings. The number of nitrogens with zero attached hydrogens (tertiary/aromatic N) is 2. The second-order valence-electron chi connectivity index (χ2n) is 5.70. The third-order valence-corrected chi connectivity index (χ3v) is 4.14. The molecule has 0 aliphatic heterocycles. The number of furan rings is 1. The van der Waals surface area contributed by atoms with E-state index in [9.17, 15) is 4.79 Å². The first kappa shape index (κ1) is 17.9. The normalized spacial score (nSPS) is 11.9. The van der Waals surface area contributed by atoms with Crippen LogP contribution in [0.25, 0.3) is 11.4 Å². The van der Waals surface area contributed by atoms with Crippen molar-refractivity contribution in [3.63, 3.8) is 0 Å². The van der Waals surface area contributed by atoms with Crippen LogP contribution >= 0.6 is 12.2 Å². The first-order valence-electron chi connectivity index (χ1n) is 8.29. The minimum absolute atomic E-state index is 0.0585. The van der Waals surface area contributed by atoms with Gasteiger partial charge in [-0.25, -0.2) is 0 Å². The molecule has 0 bridgehead atoms. The Morgan fingerprint density at radius 3 is 2.81 bits per heavy atom. The van der Waals surface area contributed by atoms with E-state index >= 15 is 0 Å². The summed E-state index contributed by atoms with van der Waals surface area (Å²) in [5, 5.41) is 9.89. The molecule has 0 radical (unpaired) electrons. The quantitative estimate of drug-likeness (QED) is 0.620. The standard InChI is InChI=1S/C18H20N4O3S/c1-3-24-14-8-6-13(7-9-14)17-20-21-18(26)22(17)11-16(23)19-12(2)15-5-4-10-25-15/h4-10,12H,3,11H2,1-2H3,(H,19,23)(H,21,26)/t12-/m1/s1. The van der Waals surface area contributed by atoms with E-state index in [1.54, 1.807) is 16.9 Å². The fourth-order valence-corrected chi connectivity index (χ4v) is 2.79. The molecule has 2 heterocycles. The zero-order chi connectivity index (χ0) is 18.5. The Hall–Kier alpha value is -2.87. The van der Waals surface area contributed by atoms with Crippen LogP contribution in [0.5, 0.6) is 5.75 Å². The average molecular weight is 372 g/mol. The van der Waals surface area contributed by atoms with Crippen molar-refractivity contribution < 1.29 is 13.9 Å². The lowest BCUT2D eigenvalue weighted by atomic mass is 10.2. The summed E-state index contributed by atoms with van der Waals surface area (Å²) < 4.78 is 12.8. The minimum Gasteiger partial charge on any atom is -0.494 e. The maximum absolute atomic E-state index is 12.4. The predicted molar refractivity (Wildman–Crippen MR) is 99.3 cm³/mol. The van der Waals surface area contributed by atoms with Crippen LogP contribution in [-0.4, -0.2) is 27.3 Å². The molecule has 3 aromatic rings. The Morgan fingerprint density at radius 2 is 2.15 bits per heavy atom. The smallest absolute Gasteiger partial charge is 0.240 e. The molecule has 136 valence electrons. The predicted octanol–water partition coefficient (Wildman–Crippen LogP) is 3.48. The number of benzene rings is 1. The third-order valence-electron chi connectivity index (χ3n) is 3.83. The number of hydrogen-bond donors (Lipinski definition) is 2. The van der Waals surface area contributed by atoms with E-state index in [-0.39, 0.29) is 18.5 Å². The van der Waals surface area contributed by atoms with Crippen molar-refractivity contribution in [3.8, 4) is 17.1 Å². The molecule has 0 spiro atoms. The Balaban J connectivity index is 1.75. The number of aromatic nitrogens is 3. The van der Waals surface area contributed by atoms with Crippen molar-refractivity contribution in [2.24, 2.45) is 0 Å². The van der Waals surface area contributed by atoms with Crippen molar-refractivity contribution in [2.75, 3.05) is 6.61 Å². The molecule has 1 atom stereocenters. The van der Waals surface area contributed by atoms with Gasteiger partial charge >= 0.3 is 0 Å². The molecule has 0 aliphatic carbocycles. The van der Waals surface area contributed by atoms with Crippen LogP contribution in [-0.2, 0) is 11.3 Å². The Labute approximate surface area is 156 Å². The van der Waals surface area contributed by atoms with E-state index in [1.165, 1.54) is 0 Å². The van der Waals surface area contributed by atoms with Gasteiger partial charge in [0.05, 0.1) is 18.9 Å². The lowest BCUT2D eigenvalue weighted by molar-refractivity contribution is -0.122. The fourth-order valence-electron chi connectivity index (χ4n) is 2.59. The van der Waals surface area contributed by atoms with Gasteiger partial charge in [0, 0.05) is 5.56 Å². The van der Waals surface area contributed by atoms with Crippen molar-refractivity contribution in [2.45, 2.75) is 26.4 Å². The topological polar surface area (TPSA) is 85.1 Å². The van der Waals surface area contributed by atoms with Crippen molar-refractivity contribution in [1.82, 2.24) is 20.1 Å². The second-order valence-corrected chi connectivity index (χ2v) is 6.09. The van der Waals surface area contributed by atoms with E-state index in [1.807, 2.05) is 44.2 Å². The molecule has 8 heteroatoms. The number of carbonyl (C=O) groups is 1. The molecule has 0 saturated heterocycles. The SMILES string of the molecule is CCOc1ccc(-c2n[nH]c(=S)n2CC(=O)N[C@H](C)c2ccco2)cc1. The monoisotopic (exact) mass is 372 g/mol. The highest BCUT2D eigenvalue weighted by Gasteiger charge is 2.16. The van der Waals surface area contributed by atoms with E-state index in [0.29, 0.717) is 23.0 Å². The van der Waals surface area contributed by atoms with Gasteiger partial charge in [0.15, 0.2) is 10.6 Å². The second kappa shape index (κ2) is 8.01. The Bertz CT molecular complexity index is 913. The Morgan fingerprint density at radius 1 is 1.38 bits per heavy atom. The summed E-state index contributed by atoms with van der Waals surface area (Å²) in [6.07, 6.45) is 1.58. The number of nitrogens with one attached hydrogen (secondary N) is 2. The van der Waals surface area contributed by atoms with E-state index < -0.39 is 0 Å². The highest BCUT2D eigenvalue weighted by molar-refractivity contribution is 7.71. The summed E-state index contributed by atoms with van der Waals surface area (Å²) in [5.74, 6) is 1.89. The molecule has 1 aromatic carbocycles. The fraction of sp³-hybridized carbons (Fsp3) is 0.278. The average Bonchev–Trinajstić information content (AvgIpc) is 3.27. The maximum atomic E-state index is 12.4. The third kappa shape index (κ3) is 4.02. The van der Waals surface area contributed by atoms with E-state index in [4.69, 9.17) is 21.4 Å². The number of amides is 1. The van der Waals surface area contributed by atoms with Crippen molar-refractivity contribution in [3.05, 3.63) is 53.2 Å². The highest BCUT2D eigenvalue weighted by atomic mass is 32.1. The van der Waals surface area contributed by atoms with Crippen LogP contribution in [0.15, 0.2) is 47.1 Å². The van der Waals surface area contributed by atoms with Gasteiger partial charge in [-0.2, -0.15) is 5.10 Å². The number of rotatable bonds is 7. The Kier molecular flexibility index (Phi) is 5.52. The lowest BCUT2D eigenvalue weighted by Crippen LogP contribution is -2.30. The molecule has 2 N–H and O–H groups in total. The number of H-pyrrole nitrogens is 1.